The number of fused-ring (bicyclic) bond motifs is 1. The summed E-state index contributed by atoms with van der Waals surface area (Å²) in [7, 11) is 0. The average molecular weight is 290 g/mol. The summed E-state index contributed by atoms with van der Waals surface area (Å²) >= 11 is 0. The quantitative estimate of drug-likeness (QED) is 0.772. The second-order valence-corrected chi connectivity index (χ2v) is 5.11. The molecule has 1 aromatic heterocycles. The molecule has 1 heterocycles. The van der Waals surface area contributed by atoms with E-state index in [1.807, 2.05) is 35.8 Å². The topological polar surface area (TPSA) is 91.6 Å². The monoisotopic (exact) mass is 290 g/mol. The predicted molar refractivity (Wildman–Crippen MR) is 78.2 cm³/mol. The first-order valence-electron chi connectivity index (χ1n) is 6.68. The molecule has 0 aliphatic carbocycles. The average Bonchev–Trinajstić information content (AvgIpc) is 2.83. The van der Waals surface area contributed by atoms with Gasteiger partial charge in [0, 0.05) is 23.6 Å². The van der Waals surface area contributed by atoms with E-state index in [4.69, 9.17) is 5.11 Å². The smallest absolute Gasteiger partial charge is 0.337 e. The Labute approximate surface area is 122 Å². The van der Waals surface area contributed by atoms with Gasteiger partial charge in [0.15, 0.2) is 5.60 Å². The van der Waals surface area contributed by atoms with Gasteiger partial charge in [-0.1, -0.05) is 18.2 Å². The minimum atomic E-state index is -1.99. The number of nitrogens with one attached hydrogen (secondary N) is 1. The fraction of sp³-hybridized carbons (Fsp3) is 0.333. The van der Waals surface area contributed by atoms with E-state index < -0.39 is 17.5 Å². The minimum Gasteiger partial charge on any atom is -0.479 e. The van der Waals surface area contributed by atoms with Crippen LogP contribution >= 0.6 is 0 Å². The van der Waals surface area contributed by atoms with Gasteiger partial charge in [-0.25, -0.2) is 4.79 Å². The summed E-state index contributed by atoms with van der Waals surface area (Å²) in [5.41, 5.74) is -0.581. The zero-order valence-electron chi connectivity index (χ0n) is 12.0. The fourth-order valence-corrected chi connectivity index (χ4v) is 2.11. The van der Waals surface area contributed by atoms with E-state index in [1.165, 1.54) is 0 Å². The number of para-hydroxylation sites is 1. The molecule has 21 heavy (non-hydrogen) atoms. The van der Waals surface area contributed by atoms with E-state index >= 15 is 0 Å². The Hall–Kier alpha value is -2.34. The Kier molecular flexibility index (Phi) is 3.99. The fourth-order valence-electron chi connectivity index (χ4n) is 2.11. The number of carboxylic acid groups (broad SMARTS) is 1. The summed E-state index contributed by atoms with van der Waals surface area (Å²) in [6, 6.07) is 7.49. The molecule has 1 aromatic carbocycles. The SMILES string of the molecule is CCn1cc(C(=O)NCC(C)(O)C(=O)O)c2ccccc21. The van der Waals surface area contributed by atoms with Crippen molar-refractivity contribution in [1.82, 2.24) is 9.88 Å². The number of hydrogen-bond acceptors (Lipinski definition) is 3. The molecule has 1 amide bonds. The molecule has 0 aliphatic heterocycles. The van der Waals surface area contributed by atoms with Crippen LogP contribution in [0, 0.1) is 0 Å². The Balaban J connectivity index is 2.26. The first-order valence-corrected chi connectivity index (χ1v) is 6.68. The number of amides is 1. The number of aromatic nitrogens is 1. The molecule has 0 spiro atoms. The van der Waals surface area contributed by atoms with Crippen molar-refractivity contribution in [3.05, 3.63) is 36.0 Å². The Bertz CT molecular complexity index is 688. The number of carboxylic acids is 1. The maximum atomic E-state index is 12.2. The number of benzene rings is 1. The highest BCUT2D eigenvalue weighted by Crippen LogP contribution is 2.21. The Morgan fingerprint density at radius 2 is 2.00 bits per heavy atom. The van der Waals surface area contributed by atoms with Gasteiger partial charge in [-0.15, -0.1) is 0 Å². The molecule has 0 fully saturated rings. The van der Waals surface area contributed by atoms with E-state index in [2.05, 4.69) is 5.32 Å². The zero-order valence-corrected chi connectivity index (χ0v) is 12.0. The molecule has 3 N–H and O–H groups in total. The molecule has 0 aliphatic rings. The number of aliphatic hydroxyl groups is 1. The number of rotatable bonds is 5. The molecule has 2 aromatic rings. The number of aliphatic carboxylic acids is 1. The molecule has 112 valence electrons. The Morgan fingerprint density at radius 1 is 1.33 bits per heavy atom. The lowest BCUT2D eigenvalue weighted by Gasteiger charge is -2.18. The largest absolute Gasteiger partial charge is 0.479 e. The van der Waals surface area contributed by atoms with Crippen LogP contribution in [-0.2, 0) is 11.3 Å². The molecule has 0 bridgehead atoms. The van der Waals surface area contributed by atoms with Gasteiger partial charge in [0.2, 0.25) is 0 Å². The van der Waals surface area contributed by atoms with Crippen molar-refractivity contribution in [2.45, 2.75) is 26.0 Å². The van der Waals surface area contributed by atoms with Crippen molar-refractivity contribution in [2.24, 2.45) is 0 Å². The highest BCUT2D eigenvalue weighted by atomic mass is 16.4. The van der Waals surface area contributed by atoms with Crippen LogP contribution < -0.4 is 5.32 Å². The zero-order chi connectivity index (χ0) is 15.6. The third kappa shape index (κ3) is 2.90. The standard InChI is InChI=1S/C15H18N2O4/c1-3-17-8-11(10-6-4-5-7-12(10)17)13(18)16-9-15(2,21)14(19)20/h4-8,21H,3,9H2,1-2H3,(H,16,18)(H,19,20). The molecule has 1 unspecified atom stereocenters. The number of nitrogens with zero attached hydrogens (tertiary/aromatic N) is 1. The van der Waals surface area contributed by atoms with Crippen LogP contribution in [0.25, 0.3) is 10.9 Å². The summed E-state index contributed by atoms with van der Waals surface area (Å²) < 4.78 is 1.94. The van der Waals surface area contributed by atoms with Gasteiger partial charge in [0.1, 0.15) is 0 Å². The lowest BCUT2D eigenvalue weighted by molar-refractivity contribution is -0.155. The summed E-state index contributed by atoms with van der Waals surface area (Å²) in [6.45, 7) is 3.49. The summed E-state index contributed by atoms with van der Waals surface area (Å²) in [4.78, 5) is 23.1. The van der Waals surface area contributed by atoms with Gasteiger partial charge < -0.3 is 20.1 Å². The second-order valence-electron chi connectivity index (χ2n) is 5.11. The molecule has 2 rings (SSSR count). The predicted octanol–water partition coefficient (Wildman–Crippen LogP) is 1.23. The maximum absolute atomic E-state index is 12.2. The van der Waals surface area contributed by atoms with Crippen LogP contribution in [-0.4, -0.2) is 38.8 Å². The van der Waals surface area contributed by atoms with E-state index in [1.54, 1.807) is 6.20 Å². The van der Waals surface area contributed by atoms with Crippen molar-refractivity contribution in [3.63, 3.8) is 0 Å². The van der Waals surface area contributed by atoms with Gasteiger partial charge >= 0.3 is 5.97 Å². The lowest BCUT2D eigenvalue weighted by Crippen LogP contribution is -2.46. The van der Waals surface area contributed by atoms with Crippen molar-refractivity contribution in [3.8, 4) is 0 Å². The van der Waals surface area contributed by atoms with E-state index in [9.17, 15) is 14.7 Å². The van der Waals surface area contributed by atoms with Gasteiger partial charge in [-0.05, 0) is 19.9 Å². The van der Waals surface area contributed by atoms with E-state index in [-0.39, 0.29) is 6.54 Å². The molecular weight excluding hydrogens is 272 g/mol. The van der Waals surface area contributed by atoms with Crippen LogP contribution in [0.4, 0.5) is 0 Å². The number of aryl methyl sites for hydroxylation is 1. The van der Waals surface area contributed by atoms with Crippen LogP contribution in [0.15, 0.2) is 30.5 Å². The lowest BCUT2D eigenvalue weighted by atomic mass is 10.1. The van der Waals surface area contributed by atoms with Crippen LogP contribution in [0.3, 0.4) is 0 Å². The van der Waals surface area contributed by atoms with Crippen LogP contribution in [0.1, 0.15) is 24.2 Å². The first-order chi connectivity index (χ1) is 9.86. The highest BCUT2D eigenvalue weighted by molar-refractivity contribution is 6.07. The molecule has 0 radical (unpaired) electrons. The maximum Gasteiger partial charge on any atom is 0.337 e. The van der Waals surface area contributed by atoms with Crippen LogP contribution in [0.5, 0.6) is 0 Å². The number of hydrogen-bond donors (Lipinski definition) is 3. The van der Waals surface area contributed by atoms with Gasteiger partial charge in [-0.2, -0.15) is 0 Å². The van der Waals surface area contributed by atoms with Crippen molar-refractivity contribution < 1.29 is 19.8 Å². The number of carbonyl (C=O) groups is 2. The van der Waals surface area contributed by atoms with Crippen LogP contribution in [0.2, 0.25) is 0 Å². The highest BCUT2D eigenvalue weighted by Gasteiger charge is 2.30. The van der Waals surface area contributed by atoms with Crippen molar-refractivity contribution in [1.29, 1.82) is 0 Å². The molecule has 0 saturated carbocycles. The molecule has 6 heteroatoms. The molecule has 6 nitrogen and oxygen atoms in total. The minimum absolute atomic E-state index is 0.354. The van der Waals surface area contributed by atoms with E-state index in [0.717, 1.165) is 24.4 Å². The van der Waals surface area contributed by atoms with Gasteiger partial charge in [0.25, 0.3) is 5.91 Å². The molecule has 1 atom stereocenters. The van der Waals surface area contributed by atoms with Crippen molar-refractivity contribution >= 4 is 22.8 Å². The third-order valence-electron chi connectivity index (χ3n) is 3.43. The molecular formula is C15H18N2O4. The normalized spacial score (nSPS) is 13.9. The first kappa shape index (κ1) is 15.1. The van der Waals surface area contributed by atoms with Crippen molar-refractivity contribution in [2.75, 3.05) is 6.54 Å². The second kappa shape index (κ2) is 5.57. The summed E-state index contributed by atoms with van der Waals surface area (Å²) in [5, 5.41) is 21.7. The third-order valence-corrected chi connectivity index (χ3v) is 3.43. The molecule has 0 saturated heterocycles. The van der Waals surface area contributed by atoms with E-state index in [0.29, 0.717) is 5.56 Å². The summed E-state index contributed by atoms with van der Waals surface area (Å²) in [6.07, 6.45) is 1.73. The van der Waals surface area contributed by atoms with Gasteiger partial charge in [0.05, 0.1) is 12.1 Å². The number of carbonyl (C=O) groups excluding carboxylic acids is 1. The van der Waals surface area contributed by atoms with Gasteiger partial charge in [-0.3, -0.25) is 4.79 Å². The summed E-state index contributed by atoms with van der Waals surface area (Å²) in [5.74, 6) is -1.78. The Morgan fingerprint density at radius 3 is 2.62 bits per heavy atom.